The van der Waals surface area contributed by atoms with Crippen LogP contribution in [0.5, 0.6) is 0 Å². The second kappa shape index (κ2) is 6.18. The molecule has 1 aromatic heterocycles. The van der Waals surface area contributed by atoms with Gasteiger partial charge < -0.3 is 9.64 Å². The van der Waals surface area contributed by atoms with Gasteiger partial charge in [0, 0.05) is 26.0 Å². The molecule has 0 N–H and O–H groups in total. The third kappa shape index (κ3) is 3.32. The van der Waals surface area contributed by atoms with Crippen LogP contribution in [0.1, 0.15) is 19.9 Å². The van der Waals surface area contributed by atoms with Crippen LogP contribution in [0.25, 0.3) is 0 Å². The number of carbonyl (C=O) groups is 2. The highest BCUT2D eigenvalue weighted by Gasteiger charge is 2.23. The number of nitrogens with zero attached hydrogens (tertiary/aromatic N) is 3. The fourth-order valence-electron chi connectivity index (χ4n) is 1.72. The standard InChI is InChI=1S/C12H19N3O3/c1-9(12(17)18-4)8-14(3)11(16)10(2)15-7-5-6-13-15/h5-7,9-10H,8H2,1-4H3. The van der Waals surface area contributed by atoms with Crippen molar-refractivity contribution in [3.8, 4) is 0 Å². The van der Waals surface area contributed by atoms with E-state index in [0.29, 0.717) is 6.54 Å². The normalized spacial score (nSPS) is 13.8. The highest BCUT2D eigenvalue weighted by atomic mass is 16.5. The van der Waals surface area contributed by atoms with Gasteiger partial charge in [0.25, 0.3) is 0 Å². The van der Waals surface area contributed by atoms with E-state index in [9.17, 15) is 9.59 Å². The summed E-state index contributed by atoms with van der Waals surface area (Å²) >= 11 is 0. The quantitative estimate of drug-likeness (QED) is 0.725. The van der Waals surface area contributed by atoms with Gasteiger partial charge in [-0.3, -0.25) is 14.3 Å². The van der Waals surface area contributed by atoms with E-state index in [4.69, 9.17) is 0 Å². The largest absolute Gasteiger partial charge is 0.469 e. The third-order valence-corrected chi connectivity index (χ3v) is 2.81. The van der Waals surface area contributed by atoms with E-state index in [1.807, 2.05) is 0 Å². The predicted octanol–water partition coefficient (Wildman–Crippen LogP) is 0.712. The van der Waals surface area contributed by atoms with E-state index in [1.165, 1.54) is 12.0 Å². The summed E-state index contributed by atoms with van der Waals surface area (Å²) in [5, 5.41) is 4.03. The second-order valence-electron chi connectivity index (χ2n) is 4.31. The molecule has 1 aromatic rings. The van der Waals surface area contributed by atoms with Crippen LogP contribution in [0, 0.1) is 5.92 Å². The van der Waals surface area contributed by atoms with Crippen LogP contribution in [-0.2, 0) is 14.3 Å². The molecule has 1 amide bonds. The first-order chi connectivity index (χ1) is 8.47. The minimum Gasteiger partial charge on any atom is -0.469 e. The molecule has 0 aliphatic carbocycles. The van der Waals surface area contributed by atoms with Crippen molar-refractivity contribution in [2.24, 2.45) is 5.92 Å². The second-order valence-corrected chi connectivity index (χ2v) is 4.31. The molecule has 18 heavy (non-hydrogen) atoms. The zero-order valence-corrected chi connectivity index (χ0v) is 11.2. The van der Waals surface area contributed by atoms with Gasteiger partial charge in [-0.1, -0.05) is 6.92 Å². The highest BCUT2D eigenvalue weighted by Crippen LogP contribution is 2.09. The number of ether oxygens (including phenoxy) is 1. The Balaban J connectivity index is 2.59. The number of amides is 1. The van der Waals surface area contributed by atoms with E-state index in [2.05, 4.69) is 9.84 Å². The molecule has 1 rings (SSSR count). The summed E-state index contributed by atoms with van der Waals surface area (Å²) in [4.78, 5) is 24.9. The summed E-state index contributed by atoms with van der Waals surface area (Å²) in [6.07, 6.45) is 3.36. The third-order valence-electron chi connectivity index (χ3n) is 2.81. The smallest absolute Gasteiger partial charge is 0.310 e. The van der Waals surface area contributed by atoms with Crippen molar-refractivity contribution in [1.29, 1.82) is 0 Å². The Kier molecular flexibility index (Phi) is 4.88. The Bertz CT molecular complexity index is 403. The Morgan fingerprint density at radius 3 is 2.61 bits per heavy atom. The minimum absolute atomic E-state index is 0.0885. The maximum absolute atomic E-state index is 12.1. The fraction of sp³-hybridized carbons (Fsp3) is 0.583. The van der Waals surface area contributed by atoms with Gasteiger partial charge in [0.1, 0.15) is 6.04 Å². The molecule has 0 spiro atoms. The van der Waals surface area contributed by atoms with E-state index in [0.717, 1.165) is 0 Å². The van der Waals surface area contributed by atoms with Crippen molar-refractivity contribution in [1.82, 2.24) is 14.7 Å². The van der Waals surface area contributed by atoms with E-state index >= 15 is 0 Å². The van der Waals surface area contributed by atoms with Gasteiger partial charge in [0.15, 0.2) is 0 Å². The van der Waals surface area contributed by atoms with Crippen LogP contribution in [0.3, 0.4) is 0 Å². The van der Waals surface area contributed by atoms with Gasteiger partial charge in [-0.2, -0.15) is 5.10 Å². The van der Waals surface area contributed by atoms with E-state index in [-0.39, 0.29) is 23.8 Å². The Labute approximate surface area is 107 Å². The number of carbonyl (C=O) groups excluding carboxylic acids is 2. The highest BCUT2D eigenvalue weighted by molar-refractivity contribution is 5.80. The lowest BCUT2D eigenvalue weighted by atomic mass is 10.1. The summed E-state index contributed by atoms with van der Waals surface area (Å²) in [7, 11) is 3.01. The van der Waals surface area contributed by atoms with Crippen molar-refractivity contribution < 1.29 is 14.3 Å². The van der Waals surface area contributed by atoms with Crippen LogP contribution < -0.4 is 0 Å². The molecule has 100 valence electrons. The van der Waals surface area contributed by atoms with Crippen molar-refractivity contribution in [3.05, 3.63) is 18.5 Å². The van der Waals surface area contributed by atoms with Gasteiger partial charge in [0.2, 0.25) is 5.91 Å². The number of hydrogen-bond donors (Lipinski definition) is 0. The molecule has 1 heterocycles. The van der Waals surface area contributed by atoms with Gasteiger partial charge >= 0.3 is 5.97 Å². The SMILES string of the molecule is COC(=O)C(C)CN(C)C(=O)C(C)n1cccn1. The van der Waals surface area contributed by atoms with Crippen molar-refractivity contribution in [2.75, 3.05) is 20.7 Å². The molecule has 6 nitrogen and oxygen atoms in total. The summed E-state index contributed by atoms with van der Waals surface area (Å²) in [6, 6.07) is 1.38. The number of rotatable bonds is 5. The molecule has 2 unspecified atom stereocenters. The lowest BCUT2D eigenvalue weighted by Gasteiger charge is -2.23. The molecular weight excluding hydrogens is 234 g/mol. The summed E-state index contributed by atoms with van der Waals surface area (Å²) < 4.78 is 6.22. The number of esters is 1. The number of likely N-dealkylation sites (N-methyl/N-ethyl adjacent to an activating group) is 1. The molecule has 0 aliphatic heterocycles. The van der Waals surface area contributed by atoms with Crippen LogP contribution in [0.15, 0.2) is 18.5 Å². The first-order valence-electron chi connectivity index (χ1n) is 5.79. The zero-order chi connectivity index (χ0) is 13.7. The fourth-order valence-corrected chi connectivity index (χ4v) is 1.72. The van der Waals surface area contributed by atoms with Gasteiger partial charge in [-0.25, -0.2) is 0 Å². The molecule has 0 fully saturated rings. The summed E-state index contributed by atoms with van der Waals surface area (Å²) in [5.41, 5.74) is 0. The molecule has 0 aliphatic rings. The number of aromatic nitrogens is 2. The lowest BCUT2D eigenvalue weighted by Crippen LogP contribution is -2.38. The summed E-state index contributed by atoms with van der Waals surface area (Å²) in [6.45, 7) is 3.83. The molecule has 0 radical (unpaired) electrons. The van der Waals surface area contributed by atoms with Crippen molar-refractivity contribution in [2.45, 2.75) is 19.9 Å². The first kappa shape index (κ1) is 14.2. The molecule has 0 bridgehead atoms. The molecule has 0 saturated heterocycles. The summed E-state index contributed by atoms with van der Waals surface area (Å²) in [5.74, 6) is -0.746. The van der Waals surface area contributed by atoms with E-state index in [1.54, 1.807) is 44.0 Å². The van der Waals surface area contributed by atoms with E-state index < -0.39 is 0 Å². The predicted molar refractivity (Wildman–Crippen MR) is 65.8 cm³/mol. The molecule has 0 aromatic carbocycles. The van der Waals surface area contributed by atoms with Gasteiger partial charge in [-0.05, 0) is 13.0 Å². The minimum atomic E-state index is -0.380. The van der Waals surface area contributed by atoms with Crippen LogP contribution in [-0.4, -0.2) is 47.3 Å². The Hall–Kier alpha value is -1.85. The van der Waals surface area contributed by atoms with Crippen LogP contribution in [0.4, 0.5) is 0 Å². The Morgan fingerprint density at radius 1 is 1.44 bits per heavy atom. The van der Waals surface area contributed by atoms with Gasteiger partial charge in [0.05, 0.1) is 13.0 Å². The Morgan fingerprint density at radius 2 is 2.11 bits per heavy atom. The average molecular weight is 253 g/mol. The average Bonchev–Trinajstić information content (AvgIpc) is 2.89. The number of hydrogen-bond acceptors (Lipinski definition) is 4. The van der Waals surface area contributed by atoms with Crippen LogP contribution >= 0.6 is 0 Å². The van der Waals surface area contributed by atoms with Gasteiger partial charge in [-0.15, -0.1) is 0 Å². The van der Waals surface area contributed by atoms with Crippen molar-refractivity contribution in [3.63, 3.8) is 0 Å². The molecular formula is C12H19N3O3. The van der Waals surface area contributed by atoms with Crippen LogP contribution in [0.2, 0.25) is 0 Å². The lowest BCUT2D eigenvalue weighted by molar-refractivity contribution is -0.146. The maximum Gasteiger partial charge on any atom is 0.310 e. The molecule has 2 atom stereocenters. The molecule has 6 heteroatoms. The monoisotopic (exact) mass is 253 g/mol. The zero-order valence-electron chi connectivity index (χ0n) is 11.2. The maximum atomic E-state index is 12.1. The molecule has 0 saturated carbocycles. The topological polar surface area (TPSA) is 64.4 Å². The number of methoxy groups -OCH3 is 1. The first-order valence-corrected chi connectivity index (χ1v) is 5.79. The van der Waals surface area contributed by atoms with Crippen molar-refractivity contribution >= 4 is 11.9 Å².